The number of rotatable bonds is 2. The van der Waals surface area contributed by atoms with E-state index in [4.69, 9.17) is 11.5 Å². The highest BCUT2D eigenvalue weighted by molar-refractivity contribution is 9.10. The third-order valence-electron chi connectivity index (χ3n) is 3.38. The number of nitrogens with two attached hydrogens (primary N) is 2. The van der Waals surface area contributed by atoms with E-state index in [0.717, 1.165) is 21.3 Å². The first kappa shape index (κ1) is 14.5. The van der Waals surface area contributed by atoms with Gasteiger partial charge in [0.2, 0.25) is 0 Å². The molecule has 0 aliphatic carbocycles. The van der Waals surface area contributed by atoms with Crippen molar-refractivity contribution in [1.82, 2.24) is 15.0 Å². The van der Waals surface area contributed by atoms with Crippen LogP contribution < -0.4 is 11.5 Å². The predicted octanol–water partition coefficient (Wildman–Crippen LogP) is 3.44. The quantitative estimate of drug-likeness (QED) is 0.687. The molecule has 110 valence electrons. The van der Waals surface area contributed by atoms with E-state index < -0.39 is 0 Å². The number of pyridine rings is 1. The van der Waals surface area contributed by atoms with Crippen LogP contribution >= 0.6 is 15.9 Å². The lowest BCUT2D eigenvalue weighted by atomic mass is 10.1. The van der Waals surface area contributed by atoms with E-state index in [1.807, 2.05) is 31.2 Å². The zero-order valence-electron chi connectivity index (χ0n) is 11.9. The average molecular weight is 356 g/mol. The molecular weight excluding hydrogens is 342 g/mol. The summed E-state index contributed by atoms with van der Waals surface area (Å²) < 4.78 is 0.889. The Bertz CT molecular complexity index is 848. The van der Waals surface area contributed by atoms with Crippen molar-refractivity contribution in [2.75, 3.05) is 11.5 Å². The van der Waals surface area contributed by atoms with E-state index in [0.29, 0.717) is 22.8 Å². The van der Waals surface area contributed by atoms with Crippen LogP contribution in [0.2, 0.25) is 0 Å². The first-order valence-corrected chi connectivity index (χ1v) is 7.44. The number of anilines is 2. The minimum atomic E-state index is 0.510. The molecule has 0 unspecified atom stereocenters. The minimum Gasteiger partial charge on any atom is -0.398 e. The number of benzene rings is 1. The molecule has 2 aromatic heterocycles. The highest BCUT2D eigenvalue weighted by Crippen LogP contribution is 2.32. The molecule has 0 radical (unpaired) electrons. The maximum absolute atomic E-state index is 6.15. The summed E-state index contributed by atoms with van der Waals surface area (Å²) in [5.41, 5.74) is 16.6. The molecule has 4 N–H and O–H groups in total. The number of hydrogen-bond acceptors (Lipinski definition) is 5. The fourth-order valence-corrected chi connectivity index (χ4v) is 2.55. The van der Waals surface area contributed by atoms with Crippen LogP contribution in [0.15, 0.2) is 47.3 Å². The third-order valence-corrected chi connectivity index (χ3v) is 3.81. The molecule has 5 nitrogen and oxygen atoms in total. The van der Waals surface area contributed by atoms with Gasteiger partial charge in [0.15, 0.2) is 5.82 Å². The molecule has 0 spiro atoms. The molecule has 0 bridgehead atoms. The lowest BCUT2D eigenvalue weighted by Gasteiger charge is -2.11. The summed E-state index contributed by atoms with van der Waals surface area (Å²) in [5, 5.41) is 0. The van der Waals surface area contributed by atoms with E-state index in [-0.39, 0.29) is 0 Å². The SMILES string of the molecule is Cc1ccc(N)c(-c2nccc(-c3cncc(Br)c3)n2)c1N. The summed E-state index contributed by atoms with van der Waals surface area (Å²) in [6.45, 7) is 1.93. The van der Waals surface area contributed by atoms with Crippen LogP contribution in [0.3, 0.4) is 0 Å². The highest BCUT2D eigenvalue weighted by Gasteiger charge is 2.13. The van der Waals surface area contributed by atoms with Gasteiger partial charge in [0.1, 0.15) is 0 Å². The molecular formula is C16H14BrN5. The molecule has 0 atom stereocenters. The van der Waals surface area contributed by atoms with Crippen molar-refractivity contribution in [3.05, 3.63) is 52.9 Å². The molecule has 0 aliphatic rings. The van der Waals surface area contributed by atoms with E-state index in [9.17, 15) is 0 Å². The molecule has 6 heteroatoms. The summed E-state index contributed by atoms with van der Waals surface area (Å²) in [4.78, 5) is 13.1. The molecule has 1 aromatic carbocycles. The van der Waals surface area contributed by atoms with Crippen LogP contribution in [0.1, 0.15) is 5.56 Å². The number of halogens is 1. The van der Waals surface area contributed by atoms with E-state index >= 15 is 0 Å². The molecule has 0 saturated heterocycles. The maximum atomic E-state index is 6.15. The topological polar surface area (TPSA) is 90.7 Å². The van der Waals surface area contributed by atoms with Gasteiger partial charge in [-0.3, -0.25) is 4.98 Å². The Hall–Kier alpha value is -2.47. The van der Waals surface area contributed by atoms with E-state index in [1.165, 1.54) is 0 Å². The number of hydrogen-bond donors (Lipinski definition) is 2. The summed E-state index contributed by atoms with van der Waals surface area (Å²) in [6.07, 6.45) is 5.17. The van der Waals surface area contributed by atoms with Gasteiger partial charge in [-0.2, -0.15) is 0 Å². The van der Waals surface area contributed by atoms with Crippen molar-refractivity contribution in [2.24, 2.45) is 0 Å². The number of aryl methyl sites for hydroxylation is 1. The lowest BCUT2D eigenvalue weighted by Crippen LogP contribution is -2.02. The number of aromatic nitrogens is 3. The normalized spacial score (nSPS) is 10.6. The van der Waals surface area contributed by atoms with Gasteiger partial charge in [-0.05, 0) is 46.6 Å². The molecule has 0 saturated carbocycles. The standard InChI is InChI=1S/C16H14BrN5/c1-9-2-3-12(18)14(15(9)19)16-21-5-4-13(22-16)10-6-11(17)8-20-7-10/h2-8H,18-19H2,1H3. The molecule has 3 rings (SSSR count). The largest absolute Gasteiger partial charge is 0.398 e. The van der Waals surface area contributed by atoms with Gasteiger partial charge in [-0.15, -0.1) is 0 Å². The van der Waals surface area contributed by atoms with Crippen LogP contribution in [-0.4, -0.2) is 15.0 Å². The Morgan fingerprint density at radius 1 is 1.09 bits per heavy atom. The molecule has 3 aromatic rings. The van der Waals surface area contributed by atoms with Crippen molar-refractivity contribution in [2.45, 2.75) is 6.92 Å². The van der Waals surface area contributed by atoms with E-state index in [2.05, 4.69) is 30.9 Å². The Labute approximate surface area is 136 Å². The van der Waals surface area contributed by atoms with E-state index in [1.54, 1.807) is 18.6 Å². The highest BCUT2D eigenvalue weighted by atomic mass is 79.9. The van der Waals surface area contributed by atoms with Gasteiger partial charge < -0.3 is 11.5 Å². The Balaban J connectivity index is 2.15. The van der Waals surface area contributed by atoms with Crippen molar-refractivity contribution in [3.8, 4) is 22.6 Å². The molecule has 22 heavy (non-hydrogen) atoms. The van der Waals surface area contributed by atoms with Crippen LogP contribution in [0.5, 0.6) is 0 Å². The first-order chi connectivity index (χ1) is 10.6. The van der Waals surface area contributed by atoms with Crippen molar-refractivity contribution in [1.29, 1.82) is 0 Å². The van der Waals surface area contributed by atoms with Crippen LogP contribution in [0, 0.1) is 6.92 Å². The second-order valence-corrected chi connectivity index (χ2v) is 5.83. The second-order valence-electron chi connectivity index (χ2n) is 4.92. The van der Waals surface area contributed by atoms with Crippen molar-refractivity contribution >= 4 is 27.3 Å². The zero-order chi connectivity index (χ0) is 15.7. The summed E-state index contributed by atoms with van der Waals surface area (Å²) in [5.74, 6) is 0.510. The molecule has 0 fully saturated rings. The van der Waals surface area contributed by atoms with Gasteiger partial charge in [-0.1, -0.05) is 6.07 Å². The van der Waals surface area contributed by atoms with Gasteiger partial charge in [0.05, 0.1) is 11.3 Å². The smallest absolute Gasteiger partial charge is 0.163 e. The predicted molar refractivity (Wildman–Crippen MR) is 92.0 cm³/mol. The summed E-state index contributed by atoms with van der Waals surface area (Å²) in [7, 11) is 0. The Morgan fingerprint density at radius 3 is 2.68 bits per heavy atom. The van der Waals surface area contributed by atoms with Crippen molar-refractivity contribution in [3.63, 3.8) is 0 Å². The van der Waals surface area contributed by atoms with Gasteiger partial charge in [-0.25, -0.2) is 9.97 Å². The number of nitrogens with zero attached hydrogens (tertiary/aromatic N) is 3. The minimum absolute atomic E-state index is 0.510. The fraction of sp³-hybridized carbons (Fsp3) is 0.0625. The Kier molecular flexibility index (Phi) is 3.77. The lowest BCUT2D eigenvalue weighted by molar-refractivity contribution is 1.17. The van der Waals surface area contributed by atoms with Crippen LogP contribution in [0.25, 0.3) is 22.6 Å². The van der Waals surface area contributed by atoms with Crippen LogP contribution in [0.4, 0.5) is 11.4 Å². The maximum Gasteiger partial charge on any atom is 0.163 e. The summed E-state index contributed by atoms with van der Waals surface area (Å²) in [6, 6.07) is 7.48. The fourth-order valence-electron chi connectivity index (χ4n) is 2.18. The number of nitrogen functional groups attached to an aromatic ring is 2. The molecule has 0 aliphatic heterocycles. The molecule has 2 heterocycles. The third kappa shape index (κ3) is 2.65. The second kappa shape index (κ2) is 5.73. The van der Waals surface area contributed by atoms with Gasteiger partial charge in [0.25, 0.3) is 0 Å². The molecule has 0 amide bonds. The van der Waals surface area contributed by atoms with Crippen molar-refractivity contribution < 1.29 is 0 Å². The van der Waals surface area contributed by atoms with Gasteiger partial charge in [0, 0.05) is 40.0 Å². The first-order valence-electron chi connectivity index (χ1n) is 6.65. The average Bonchev–Trinajstić information content (AvgIpc) is 2.52. The zero-order valence-corrected chi connectivity index (χ0v) is 13.5. The van der Waals surface area contributed by atoms with Gasteiger partial charge >= 0.3 is 0 Å². The Morgan fingerprint density at radius 2 is 1.91 bits per heavy atom. The van der Waals surface area contributed by atoms with Crippen LogP contribution in [-0.2, 0) is 0 Å². The summed E-state index contributed by atoms with van der Waals surface area (Å²) >= 11 is 3.41. The monoisotopic (exact) mass is 355 g/mol.